The maximum Gasteiger partial charge on any atom is 0.247 e. The second-order valence-corrected chi connectivity index (χ2v) is 11.6. The summed E-state index contributed by atoms with van der Waals surface area (Å²) in [6.07, 6.45) is 2.44. The van der Waals surface area contributed by atoms with Crippen molar-refractivity contribution in [2.24, 2.45) is 0 Å². The topological polar surface area (TPSA) is 146 Å². The van der Waals surface area contributed by atoms with E-state index >= 15 is 0 Å². The Morgan fingerprint density at radius 1 is 0.725 bits per heavy atom. The summed E-state index contributed by atoms with van der Waals surface area (Å²) in [6, 6.07) is 36.8. The van der Waals surface area contributed by atoms with Crippen LogP contribution in [0.2, 0.25) is 0 Å². The van der Waals surface area contributed by atoms with E-state index in [1.54, 1.807) is 18.2 Å². The van der Waals surface area contributed by atoms with Crippen molar-refractivity contribution in [2.45, 2.75) is 24.4 Å². The van der Waals surface area contributed by atoms with Gasteiger partial charge in [0, 0.05) is 18.6 Å². The van der Waals surface area contributed by atoms with Crippen molar-refractivity contribution in [3.63, 3.8) is 0 Å². The van der Waals surface area contributed by atoms with Crippen LogP contribution in [0.3, 0.4) is 0 Å². The van der Waals surface area contributed by atoms with Crippen molar-refractivity contribution >= 4 is 29.5 Å². The van der Waals surface area contributed by atoms with Crippen molar-refractivity contribution in [2.75, 3.05) is 19.5 Å². The predicted octanol–water partition coefficient (Wildman–Crippen LogP) is 6.14. The summed E-state index contributed by atoms with van der Waals surface area (Å²) < 4.78 is 10.7. The van der Waals surface area contributed by atoms with E-state index in [2.05, 4.69) is 16.0 Å². The summed E-state index contributed by atoms with van der Waals surface area (Å²) in [6.45, 7) is 0. The van der Waals surface area contributed by atoms with Gasteiger partial charge in [0.1, 0.15) is 23.1 Å². The number of benzene rings is 5. The number of hydrogen-bond donors (Lipinski definition) is 5. The molecule has 0 aliphatic heterocycles. The quantitative estimate of drug-likeness (QED) is 0.0536. The van der Waals surface area contributed by atoms with Crippen LogP contribution in [0, 0.1) is 0 Å². The lowest BCUT2D eigenvalue weighted by molar-refractivity contribution is -0.125. The Labute approximate surface area is 296 Å². The Kier molecular flexibility index (Phi) is 11.7. The van der Waals surface area contributed by atoms with Gasteiger partial charge < -0.3 is 35.6 Å². The van der Waals surface area contributed by atoms with Crippen LogP contribution in [0.15, 0.2) is 133 Å². The van der Waals surface area contributed by atoms with Crippen LogP contribution in [-0.4, -0.2) is 48.2 Å². The fourth-order valence-corrected chi connectivity index (χ4v) is 5.76. The molecule has 10 heteroatoms. The third-order valence-electron chi connectivity index (χ3n) is 8.33. The molecule has 5 aromatic rings. The zero-order chi connectivity index (χ0) is 36.2. The van der Waals surface area contributed by atoms with Gasteiger partial charge in [-0.3, -0.25) is 14.4 Å². The Hall–Kier alpha value is -6.55. The molecule has 5 aromatic carbocycles. The molecule has 0 aliphatic rings. The minimum Gasteiger partial charge on any atom is -0.504 e. The number of rotatable bonds is 14. The summed E-state index contributed by atoms with van der Waals surface area (Å²) >= 11 is 0. The number of ether oxygens (including phenoxy) is 2. The fourth-order valence-electron chi connectivity index (χ4n) is 5.76. The molecule has 0 bridgehead atoms. The van der Waals surface area contributed by atoms with Crippen LogP contribution in [0.1, 0.15) is 35.1 Å². The van der Waals surface area contributed by atoms with E-state index in [0.717, 1.165) is 16.7 Å². The summed E-state index contributed by atoms with van der Waals surface area (Å²) in [7, 11) is 2.96. The van der Waals surface area contributed by atoms with Gasteiger partial charge in [0.25, 0.3) is 0 Å². The lowest BCUT2D eigenvalue weighted by Crippen LogP contribution is -2.49. The summed E-state index contributed by atoms with van der Waals surface area (Å²) in [5.74, 6) is -1.34. The molecular weight excluding hydrogens is 646 g/mol. The van der Waals surface area contributed by atoms with E-state index in [0.29, 0.717) is 22.7 Å². The SMILES string of the molecule is COc1ccc(OC)c(NC(=O)[C@H](CCC(=O)NC(c2ccccc2)(c2ccccc2)c2ccccc2)NC(=O)/C=C/c2ccc(O)c(O)c2)c1. The third-order valence-corrected chi connectivity index (χ3v) is 8.33. The zero-order valence-electron chi connectivity index (χ0n) is 28.2. The molecule has 0 heterocycles. The van der Waals surface area contributed by atoms with Crippen molar-refractivity contribution < 1.29 is 34.1 Å². The van der Waals surface area contributed by atoms with Gasteiger partial charge in [-0.25, -0.2) is 0 Å². The Balaban J connectivity index is 1.43. The van der Waals surface area contributed by atoms with Crippen LogP contribution in [0.4, 0.5) is 5.69 Å². The summed E-state index contributed by atoms with van der Waals surface area (Å²) in [5.41, 5.74) is 2.23. The van der Waals surface area contributed by atoms with Gasteiger partial charge in [-0.1, -0.05) is 97.1 Å². The minimum absolute atomic E-state index is 0.0576. The first-order valence-corrected chi connectivity index (χ1v) is 16.2. The number of phenolic OH excluding ortho intramolecular Hbond substituents is 2. The molecule has 0 fully saturated rings. The molecule has 0 unspecified atom stereocenters. The average Bonchev–Trinajstić information content (AvgIpc) is 3.16. The van der Waals surface area contributed by atoms with Crippen LogP contribution < -0.4 is 25.4 Å². The number of hydrogen-bond acceptors (Lipinski definition) is 7. The van der Waals surface area contributed by atoms with Gasteiger partial charge in [0.2, 0.25) is 17.7 Å². The first-order valence-electron chi connectivity index (χ1n) is 16.2. The minimum atomic E-state index is -1.16. The number of amides is 3. The number of carbonyl (C=O) groups excluding carboxylic acids is 3. The largest absolute Gasteiger partial charge is 0.504 e. The highest BCUT2D eigenvalue weighted by molar-refractivity contribution is 6.01. The van der Waals surface area contributed by atoms with Gasteiger partial charge in [-0.2, -0.15) is 0 Å². The van der Waals surface area contributed by atoms with E-state index in [-0.39, 0.29) is 30.2 Å². The molecule has 51 heavy (non-hydrogen) atoms. The first kappa shape index (κ1) is 35.7. The molecule has 3 amide bonds. The summed E-state index contributed by atoms with van der Waals surface area (Å²) in [5, 5.41) is 28.2. The normalized spacial score (nSPS) is 11.7. The number of nitrogens with one attached hydrogen (secondary N) is 3. The maximum absolute atomic E-state index is 14.1. The predicted molar refractivity (Wildman–Crippen MR) is 195 cm³/mol. The Morgan fingerprint density at radius 2 is 1.31 bits per heavy atom. The van der Waals surface area contributed by atoms with E-state index in [4.69, 9.17) is 9.47 Å². The number of carbonyl (C=O) groups is 3. The molecule has 0 saturated carbocycles. The summed E-state index contributed by atoms with van der Waals surface area (Å²) in [4.78, 5) is 41.0. The van der Waals surface area contributed by atoms with E-state index in [9.17, 15) is 24.6 Å². The highest BCUT2D eigenvalue weighted by Crippen LogP contribution is 2.37. The molecule has 0 aromatic heterocycles. The van der Waals surface area contributed by atoms with Crippen molar-refractivity contribution in [3.05, 3.63) is 156 Å². The van der Waals surface area contributed by atoms with Crippen LogP contribution in [0.5, 0.6) is 23.0 Å². The monoisotopic (exact) mass is 685 g/mol. The Bertz CT molecular complexity index is 1890. The number of phenols is 2. The van der Waals surface area contributed by atoms with Gasteiger partial charge in [0.05, 0.1) is 19.9 Å². The zero-order valence-corrected chi connectivity index (χ0v) is 28.2. The smallest absolute Gasteiger partial charge is 0.247 e. The second kappa shape index (κ2) is 16.7. The number of aromatic hydroxyl groups is 2. The standard InChI is InChI=1S/C41H39N3O7/c1-50-32-20-23-37(51-2)34(27-32)43-40(49)33(42-38(47)24-19-28-18-22-35(45)36(46)26-28)21-25-39(48)44-41(29-12-6-3-7-13-29,30-14-8-4-9-15-30)31-16-10-5-11-17-31/h3-20,22-24,26-27,33,45-46H,21,25H2,1-2H3,(H,42,47)(H,43,49)(H,44,48)/b24-19+/t33-/m0/s1. The third kappa shape index (κ3) is 8.73. The molecule has 5 rings (SSSR count). The molecule has 5 N–H and O–H groups in total. The first-order chi connectivity index (χ1) is 24.7. The van der Waals surface area contributed by atoms with Crippen molar-refractivity contribution in [1.29, 1.82) is 0 Å². The lowest BCUT2D eigenvalue weighted by Gasteiger charge is -2.37. The van der Waals surface area contributed by atoms with E-state index in [1.807, 2.05) is 91.0 Å². The highest BCUT2D eigenvalue weighted by Gasteiger charge is 2.38. The fraction of sp³-hybridized carbons (Fsp3) is 0.146. The van der Waals surface area contributed by atoms with Gasteiger partial charge >= 0.3 is 0 Å². The molecule has 0 spiro atoms. The van der Waals surface area contributed by atoms with Crippen molar-refractivity contribution in [1.82, 2.24) is 10.6 Å². The second-order valence-electron chi connectivity index (χ2n) is 11.6. The van der Waals surface area contributed by atoms with Gasteiger partial charge in [-0.05, 0) is 59.0 Å². The van der Waals surface area contributed by atoms with Crippen LogP contribution >= 0.6 is 0 Å². The van der Waals surface area contributed by atoms with Crippen molar-refractivity contribution in [3.8, 4) is 23.0 Å². The highest BCUT2D eigenvalue weighted by atomic mass is 16.5. The van der Waals surface area contributed by atoms with E-state index in [1.165, 1.54) is 44.6 Å². The van der Waals surface area contributed by atoms with Gasteiger partial charge in [-0.15, -0.1) is 0 Å². The van der Waals surface area contributed by atoms with Crippen LogP contribution in [-0.2, 0) is 19.9 Å². The lowest BCUT2D eigenvalue weighted by atomic mass is 9.77. The molecule has 260 valence electrons. The van der Waals surface area contributed by atoms with E-state index < -0.39 is 23.4 Å². The maximum atomic E-state index is 14.1. The molecule has 1 atom stereocenters. The molecule has 0 radical (unpaired) electrons. The Morgan fingerprint density at radius 3 is 1.84 bits per heavy atom. The number of anilines is 1. The van der Waals surface area contributed by atoms with Gasteiger partial charge in [0.15, 0.2) is 11.5 Å². The molecule has 0 saturated heterocycles. The molecule has 0 aliphatic carbocycles. The number of methoxy groups -OCH3 is 2. The average molecular weight is 686 g/mol. The molecular formula is C41H39N3O7. The van der Waals surface area contributed by atoms with Crippen LogP contribution in [0.25, 0.3) is 6.08 Å². The molecule has 10 nitrogen and oxygen atoms in total.